The summed E-state index contributed by atoms with van der Waals surface area (Å²) in [6, 6.07) is 5.43. The molecule has 0 aliphatic carbocycles. The number of imidazole rings is 1. The van der Waals surface area contributed by atoms with Gasteiger partial charge in [-0.25, -0.2) is 4.98 Å². The average molecular weight is 324 g/mol. The van der Waals surface area contributed by atoms with E-state index in [-0.39, 0.29) is 18.6 Å². The second-order valence-electron chi connectivity index (χ2n) is 5.27. The van der Waals surface area contributed by atoms with Crippen LogP contribution in [0.5, 0.6) is 0 Å². The second kappa shape index (κ2) is 7.09. The molecule has 1 aromatic carbocycles. The summed E-state index contributed by atoms with van der Waals surface area (Å²) >= 11 is 5.92. The van der Waals surface area contributed by atoms with Gasteiger partial charge in [-0.15, -0.1) is 0 Å². The van der Waals surface area contributed by atoms with Crippen molar-refractivity contribution in [1.82, 2.24) is 15.3 Å². The molecule has 0 unspecified atom stereocenters. The third-order valence-corrected chi connectivity index (χ3v) is 3.74. The first-order chi connectivity index (χ1) is 10.7. The van der Waals surface area contributed by atoms with Gasteiger partial charge < -0.3 is 19.8 Å². The van der Waals surface area contributed by atoms with Gasteiger partial charge in [0.15, 0.2) is 0 Å². The van der Waals surface area contributed by atoms with Crippen molar-refractivity contribution in [3.63, 3.8) is 0 Å². The number of nitrogens with one attached hydrogen (secondary N) is 2. The van der Waals surface area contributed by atoms with E-state index in [9.17, 15) is 4.79 Å². The lowest BCUT2D eigenvalue weighted by molar-refractivity contribution is -0.127. The number of carbonyl (C=O) groups is 1. The first-order valence-corrected chi connectivity index (χ1v) is 7.69. The molecule has 2 aromatic rings. The molecule has 1 aliphatic heterocycles. The minimum atomic E-state index is -0.170. The lowest BCUT2D eigenvalue weighted by atomic mass is 10.2. The molecule has 1 aromatic heterocycles. The number of halogens is 1. The molecule has 118 valence electrons. The van der Waals surface area contributed by atoms with E-state index in [4.69, 9.17) is 21.1 Å². The minimum Gasteiger partial charge on any atom is -0.376 e. The highest BCUT2D eigenvalue weighted by Crippen LogP contribution is 2.17. The fourth-order valence-corrected chi connectivity index (χ4v) is 2.58. The molecule has 2 heterocycles. The van der Waals surface area contributed by atoms with Crippen LogP contribution in [0.3, 0.4) is 0 Å². The van der Waals surface area contributed by atoms with Gasteiger partial charge in [0.2, 0.25) is 5.91 Å². The molecule has 1 amide bonds. The maximum absolute atomic E-state index is 11.7. The predicted octanol–water partition coefficient (Wildman–Crippen LogP) is 2.03. The Bertz CT molecular complexity index is 653. The van der Waals surface area contributed by atoms with E-state index in [2.05, 4.69) is 15.3 Å². The number of H-pyrrole nitrogens is 1. The van der Waals surface area contributed by atoms with Crippen molar-refractivity contribution in [2.24, 2.45) is 0 Å². The zero-order chi connectivity index (χ0) is 15.4. The maximum atomic E-state index is 11.7. The Labute approximate surface area is 133 Å². The van der Waals surface area contributed by atoms with Gasteiger partial charge in [-0.05, 0) is 31.0 Å². The number of nitrogens with zero attached hydrogens (tertiary/aromatic N) is 1. The largest absolute Gasteiger partial charge is 0.376 e. The minimum absolute atomic E-state index is 0.0336. The molecule has 1 atom stereocenters. The molecule has 6 nitrogen and oxygen atoms in total. The van der Waals surface area contributed by atoms with Crippen LogP contribution in [0.2, 0.25) is 5.02 Å². The Kier molecular flexibility index (Phi) is 4.92. The van der Waals surface area contributed by atoms with Gasteiger partial charge in [0, 0.05) is 11.6 Å². The summed E-state index contributed by atoms with van der Waals surface area (Å²) in [4.78, 5) is 19.2. The van der Waals surface area contributed by atoms with Crippen molar-refractivity contribution in [1.29, 1.82) is 0 Å². The van der Waals surface area contributed by atoms with Crippen LogP contribution in [0.25, 0.3) is 11.0 Å². The number of benzene rings is 1. The Morgan fingerprint density at radius 2 is 2.45 bits per heavy atom. The maximum Gasteiger partial charge on any atom is 0.246 e. The lowest BCUT2D eigenvalue weighted by Gasteiger charge is -2.09. The van der Waals surface area contributed by atoms with Gasteiger partial charge in [0.1, 0.15) is 12.4 Å². The molecule has 0 radical (unpaired) electrons. The van der Waals surface area contributed by atoms with Crippen LogP contribution in [0.4, 0.5) is 0 Å². The molecule has 22 heavy (non-hydrogen) atoms. The quantitative estimate of drug-likeness (QED) is 0.853. The third kappa shape index (κ3) is 3.97. The van der Waals surface area contributed by atoms with E-state index in [0.717, 1.165) is 30.5 Å². The van der Waals surface area contributed by atoms with Gasteiger partial charge in [0.25, 0.3) is 0 Å². The predicted molar refractivity (Wildman–Crippen MR) is 82.7 cm³/mol. The van der Waals surface area contributed by atoms with Gasteiger partial charge in [-0.1, -0.05) is 11.6 Å². The first kappa shape index (κ1) is 15.3. The Morgan fingerprint density at radius 1 is 1.55 bits per heavy atom. The van der Waals surface area contributed by atoms with Crippen LogP contribution >= 0.6 is 11.6 Å². The zero-order valence-electron chi connectivity index (χ0n) is 12.1. The summed E-state index contributed by atoms with van der Waals surface area (Å²) in [5.41, 5.74) is 1.68. The topological polar surface area (TPSA) is 76.2 Å². The molecule has 0 bridgehead atoms. The van der Waals surface area contributed by atoms with Gasteiger partial charge >= 0.3 is 0 Å². The molecule has 7 heteroatoms. The molecular formula is C15H18ClN3O3. The van der Waals surface area contributed by atoms with Crippen LogP contribution in [0.15, 0.2) is 18.2 Å². The van der Waals surface area contributed by atoms with Gasteiger partial charge in [0.05, 0.1) is 30.3 Å². The number of aromatic nitrogens is 2. The number of aromatic amines is 1. The fraction of sp³-hybridized carbons (Fsp3) is 0.467. The summed E-state index contributed by atoms with van der Waals surface area (Å²) in [5, 5.41) is 3.42. The number of rotatable bonds is 6. The molecule has 1 aliphatic rings. The fourth-order valence-electron chi connectivity index (χ4n) is 2.41. The monoisotopic (exact) mass is 323 g/mol. The zero-order valence-corrected chi connectivity index (χ0v) is 12.9. The van der Waals surface area contributed by atoms with E-state index in [1.165, 1.54) is 0 Å². The number of hydrogen-bond acceptors (Lipinski definition) is 4. The summed E-state index contributed by atoms with van der Waals surface area (Å²) in [6.07, 6.45) is 2.20. The van der Waals surface area contributed by atoms with E-state index >= 15 is 0 Å². The second-order valence-corrected chi connectivity index (χ2v) is 5.71. The van der Waals surface area contributed by atoms with Gasteiger partial charge in [-0.3, -0.25) is 4.79 Å². The van der Waals surface area contributed by atoms with E-state index < -0.39 is 0 Å². The van der Waals surface area contributed by atoms with Crippen LogP contribution in [-0.2, 0) is 20.8 Å². The van der Waals surface area contributed by atoms with Crippen LogP contribution < -0.4 is 5.32 Å². The molecule has 3 rings (SSSR count). The molecule has 2 N–H and O–H groups in total. The summed E-state index contributed by atoms with van der Waals surface area (Å²) in [7, 11) is 0. The van der Waals surface area contributed by atoms with Crippen molar-refractivity contribution < 1.29 is 14.3 Å². The smallest absolute Gasteiger partial charge is 0.246 e. The van der Waals surface area contributed by atoms with Crippen LogP contribution in [0, 0.1) is 0 Å². The standard InChI is InChI=1S/C15H18ClN3O3/c16-10-3-4-12-13(6-10)19-14(18-12)7-17-15(20)9-21-8-11-2-1-5-22-11/h3-4,6,11H,1-2,5,7-9H2,(H,17,20)(H,18,19)/t11-/m1/s1. The van der Waals surface area contributed by atoms with E-state index in [1.54, 1.807) is 12.1 Å². The first-order valence-electron chi connectivity index (χ1n) is 7.31. The highest BCUT2D eigenvalue weighted by molar-refractivity contribution is 6.31. The summed E-state index contributed by atoms with van der Waals surface area (Å²) < 4.78 is 10.8. The van der Waals surface area contributed by atoms with Crippen LogP contribution in [0.1, 0.15) is 18.7 Å². The van der Waals surface area contributed by atoms with Gasteiger partial charge in [-0.2, -0.15) is 0 Å². The number of carbonyl (C=O) groups excluding carboxylic acids is 1. The Balaban J connectivity index is 1.43. The number of fused-ring (bicyclic) bond motifs is 1. The molecule has 1 fully saturated rings. The normalized spacial score (nSPS) is 18.0. The Morgan fingerprint density at radius 3 is 3.27 bits per heavy atom. The highest BCUT2D eigenvalue weighted by atomic mass is 35.5. The van der Waals surface area contributed by atoms with Crippen molar-refractivity contribution >= 4 is 28.5 Å². The Hall–Kier alpha value is -1.63. The van der Waals surface area contributed by atoms with E-state index in [1.807, 2.05) is 6.07 Å². The van der Waals surface area contributed by atoms with Crippen molar-refractivity contribution in [2.45, 2.75) is 25.5 Å². The molecule has 1 saturated heterocycles. The summed E-state index contributed by atoms with van der Waals surface area (Å²) in [5.74, 6) is 0.515. The third-order valence-electron chi connectivity index (χ3n) is 3.51. The summed E-state index contributed by atoms with van der Waals surface area (Å²) in [6.45, 7) is 1.62. The van der Waals surface area contributed by atoms with E-state index in [0.29, 0.717) is 24.0 Å². The molecule has 0 saturated carbocycles. The highest BCUT2D eigenvalue weighted by Gasteiger charge is 2.16. The number of hydrogen-bond donors (Lipinski definition) is 2. The average Bonchev–Trinajstić information content (AvgIpc) is 3.13. The molecular weight excluding hydrogens is 306 g/mol. The lowest BCUT2D eigenvalue weighted by Crippen LogP contribution is -2.29. The van der Waals surface area contributed by atoms with Crippen molar-refractivity contribution in [3.8, 4) is 0 Å². The van der Waals surface area contributed by atoms with Crippen molar-refractivity contribution in [3.05, 3.63) is 29.0 Å². The number of ether oxygens (including phenoxy) is 2. The SMILES string of the molecule is O=C(COC[C@H]1CCCO1)NCc1nc2ccc(Cl)cc2[nH]1. The molecule has 0 spiro atoms. The van der Waals surface area contributed by atoms with Crippen molar-refractivity contribution in [2.75, 3.05) is 19.8 Å². The number of amides is 1. The van der Waals surface area contributed by atoms with Crippen LogP contribution in [-0.4, -0.2) is 41.8 Å².